The van der Waals surface area contributed by atoms with Crippen LogP contribution in [-0.2, 0) is 10.1 Å². The van der Waals surface area contributed by atoms with Crippen molar-refractivity contribution in [1.29, 1.82) is 0 Å². The number of carbonyl (C=O) groups excluding carboxylic acids is 1. The van der Waals surface area contributed by atoms with Crippen molar-refractivity contribution in [3.63, 3.8) is 0 Å². The van der Waals surface area contributed by atoms with E-state index in [1.807, 2.05) is 19.4 Å². The number of hydrogen-bond acceptors (Lipinski definition) is 4. The number of hydrogen-bond donors (Lipinski definition) is 1. The van der Waals surface area contributed by atoms with E-state index in [-0.39, 0.29) is 12.3 Å². The van der Waals surface area contributed by atoms with Gasteiger partial charge < -0.3 is 14.4 Å². The van der Waals surface area contributed by atoms with Crippen LogP contribution in [0.15, 0.2) is 0 Å². The lowest BCUT2D eigenvalue weighted by molar-refractivity contribution is -0.890. The second-order valence-corrected chi connectivity index (χ2v) is 6.08. The van der Waals surface area contributed by atoms with Crippen molar-refractivity contribution >= 4 is 16.3 Å². The summed E-state index contributed by atoms with van der Waals surface area (Å²) >= 11 is 0. The fourth-order valence-electron chi connectivity index (χ4n) is 1.47. The highest BCUT2D eigenvalue weighted by Crippen LogP contribution is 2.02. The van der Waals surface area contributed by atoms with E-state index in [4.69, 9.17) is 0 Å². The molecule has 0 aromatic carbocycles. The predicted molar refractivity (Wildman–Crippen MR) is 60.1 cm³/mol. The van der Waals surface area contributed by atoms with Gasteiger partial charge in [0, 0.05) is 25.1 Å². The average molecular weight is 270 g/mol. The first-order chi connectivity index (χ1) is 7.62. The van der Waals surface area contributed by atoms with Gasteiger partial charge >= 0.3 is 6.16 Å². The molecule has 0 atom stereocenters. The Morgan fingerprint density at radius 3 is 2.29 bits per heavy atom. The molecule has 0 rings (SSSR count). The summed E-state index contributed by atoms with van der Waals surface area (Å²) in [6, 6.07) is 0. The lowest BCUT2D eigenvalue weighted by Gasteiger charge is -2.30. The molecule has 17 heavy (non-hydrogen) atoms. The number of amides is 1. The van der Waals surface area contributed by atoms with Gasteiger partial charge in [-0.25, -0.2) is 13.2 Å². The van der Waals surface area contributed by atoms with Crippen LogP contribution < -0.4 is 5.32 Å². The minimum absolute atomic E-state index is 0.247. The van der Waals surface area contributed by atoms with Crippen LogP contribution in [0.5, 0.6) is 0 Å². The van der Waals surface area contributed by atoms with Crippen molar-refractivity contribution < 1.29 is 26.6 Å². The van der Waals surface area contributed by atoms with Crippen molar-refractivity contribution in [3.05, 3.63) is 0 Å². The molecule has 1 amide bonds. The summed E-state index contributed by atoms with van der Waals surface area (Å²) in [7, 11) is -0.382. The Labute approximate surface area is 101 Å². The van der Waals surface area contributed by atoms with E-state index in [1.165, 1.54) is 0 Å². The molecule has 0 aliphatic heterocycles. The Balaban J connectivity index is 3.76. The fourth-order valence-corrected chi connectivity index (χ4v) is 1.96. The molecular formula is C9H19FN2O4S. The molecular weight excluding hydrogens is 251 g/mol. The van der Waals surface area contributed by atoms with Crippen LogP contribution in [0.25, 0.3) is 0 Å². The fraction of sp³-hybridized carbons (Fsp3) is 0.889. The topological polar surface area (TPSA) is 86.3 Å². The van der Waals surface area contributed by atoms with E-state index in [0.29, 0.717) is 30.4 Å². The normalized spacial score (nSPS) is 12.5. The van der Waals surface area contributed by atoms with Gasteiger partial charge in [-0.2, -0.15) is 0 Å². The number of nitrogens with one attached hydrogen (secondary N) is 1. The Bertz CT molecular complexity index is 343. The van der Waals surface area contributed by atoms with Crippen LogP contribution in [-0.4, -0.2) is 63.1 Å². The standard InChI is InChI=1S/C9H19FN2O4S/c1-12(2,6-3-5-11-9(10)13)7-4-8-17(14,15)16/h3-8H2,1-2H3,(H-,11,13,14,15,16). The molecule has 0 heterocycles. The van der Waals surface area contributed by atoms with Crippen LogP contribution in [0, 0.1) is 0 Å². The quantitative estimate of drug-likeness (QED) is 0.222. The van der Waals surface area contributed by atoms with Crippen molar-refractivity contribution in [3.8, 4) is 0 Å². The molecule has 0 unspecified atom stereocenters. The van der Waals surface area contributed by atoms with E-state index in [9.17, 15) is 22.2 Å². The third kappa shape index (κ3) is 11.5. The molecule has 0 spiro atoms. The highest BCUT2D eigenvalue weighted by atomic mass is 32.2. The molecule has 0 saturated carbocycles. The molecule has 0 aliphatic carbocycles. The van der Waals surface area contributed by atoms with Gasteiger partial charge in [0.2, 0.25) is 0 Å². The molecule has 6 nitrogen and oxygen atoms in total. The number of rotatable bonds is 8. The van der Waals surface area contributed by atoms with Gasteiger partial charge in [-0.3, -0.25) is 0 Å². The largest absolute Gasteiger partial charge is 0.748 e. The lowest BCUT2D eigenvalue weighted by Crippen LogP contribution is -2.42. The first-order valence-corrected chi connectivity index (χ1v) is 6.89. The summed E-state index contributed by atoms with van der Waals surface area (Å²) in [4.78, 5) is 9.97. The van der Waals surface area contributed by atoms with E-state index in [2.05, 4.69) is 0 Å². The smallest absolute Gasteiger partial charge is 0.397 e. The number of carbonyl (C=O) groups is 1. The van der Waals surface area contributed by atoms with Gasteiger partial charge in [0.25, 0.3) is 0 Å². The number of quaternary nitrogens is 1. The van der Waals surface area contributed by atoms with Crippen LogP contribution >= 0.6 is 0 Å². The van der Waals surface area contributed by atoms with Gasteiger partial charge in [0.05, 0.1) is 37.3 Å². The summed E-state index contributed by atoms with van der Waals surface area (Å²) in [6.07, 6.45) is -0.658. The summed E-state index contributed by atoms with van der Waals surface area (Å²) in [5.74, 6) is -0.365. The summed E-state index contributed by atoms with van der Waals surface area (Å²) in [5, 5.41) is 2.04. The van der Waals surface area contributed by atoms with E-state index in [0.717, 1.165) is 0 Å². The van der Waals surface area contributed by atoms with E-state index >= 15 is 0 Å². The van der Waals surface area contributed by atoms with Gasteiger partial charge in [-0.05, 0) is 0 Å². The lowest BCUT2D eigenvalue weighted by atomic mass is 10.3. The maximum Gasteiger partial charge on any atom is 0.397 e. The summed E-state index contributed by atoms with van der Waals surface area (Å²) < 4.78 is 43.5. The number of nitrogens with zero attached hydrogens (tertiary/aromatic N) is 1. The summed E-state index contributed by atoms with van der Waals surface area (Å²) in [6.45, 7) is 1.46. The van der Waals surface area contributed by atoms with Crippen molar-refractivity contribution in [2.24, 2.45) is 0 Å². The van der Waals surface area contributed by atoms with Crippen molar-refractivity contribution in [2.45, 2.75) is 12.8 Å². The minimum Gasteiger partial charge on any atom is -0.748 e. The Kier molecular flexibility index (Phi) is 6.58. The maximum atomic E-state index is 11.8. The van der Waals surface area contributed by atoms with Crippen LogP contribution in [0.4, 0.5) is 9.18 Å². The average Bonchev–Trinajstić information content (AvgIpc) is 2.09. The molecule has 102 valence electrons. The SMILES string of the molecule is C[N+](C)(CCCNC(=O)F)CCCS(=O)(=O)[O-]. The highest BCUT2D eigenvalue weighted by molar-refractivity contribution is 7.85. The molecule has 0 saturated heterocycles. The Hall–Kier alpha value is -0.730. The second-order valence-electron chi connectivity index (χ2n) is 4.55. The van der Waals surface area contributed by atoms with Crippen molar-refractivity contribution in [2.75, 3.05) is 39.5 Å². The van der Waals surface area contributed by atoms with Crippen molar-refractivity contribution in [1.82, 2.24) is 5.32 Å². The van der Waals surface area contributed by atoms with Crippen LogP contribution in [0.3, 0.4) is 0 Å². The predicted octanol–water partition coefficient (Wildman–Crippen LogP) is 0.0673. The third-order valence-electron chi connectivity index (χ3n) is 2.36. The zero-order valence-corrected chi connectivity index (χ0v) is 10.9. The molecule has 1 N–H and O–H groups in total. The zero-order chi connectivity index (χ0) is 13.5. The van der Waals surface area contributed by atoms with E-state index in [1.54, 1.807) is 0 Å². The summed E-state index contributed by atoms with van der Waals surface area (Å²) in [5.41, 5.74) is 0. The van der Waals surface area contributed by atoms with Gasteiger partial charge in [-0.15, -0.1) is 4.39 Å². The second kappa shape index (κ2) is 6.87. The minimum atomic E-state index is -4.15. The Morgan fingerprint density at radius 1 is 1.29 bits per heavy atom. The van der Waals surface area contributed by atoms with Gasteiger partial charge in [0.1, 0.15) is 0 Å². The van der Waals surface area contributed by atoms with Gasteiger partial charge in [-0.1, -0.05) is 0 Å². The first-order valence-electron chi connectivity index (χ1n) is 5.31. The monoisotopic (exact) mass is 270 g/mol. The maximum absolute atomic E-state index is 11.8. The Morgan fingerprint density at radius 2 is 1.82 bits per heavy atom. The molecule has 0 aromatic heterocycles. The zero-order valence-electron chi connectivity index (χ0n) is 10.1. The molecule has 0 aromatic rings. The van der Waals surface area contributed by atoms with Crippen LogP contribution in [0.2, 0.25) is 0 Å². The molecule has 0 bridgehead atoms. The van der Waals surface area contributed by atoms with Crippen LogP contribution in [0.1, 0.15) is 12.8 Å². The number of halogens is 1. The molecule has 8 heteroatoms. The molecule has 0 fully saturated rings. The molecule has 0 radical (unpaired) electrons. The highest BCUT2D eigenvalue weighted by Gasteiger charge is 2.14. The third-order valence-corrected chi connectivity index (χ3v) is 3.15. The van der Waals surface area contributed by atoms with Gasteiger partial charge in [0.15, 0.2) is 0 Å². The van der Waals surface area contributed by atoms with E-state index < -0.39 is 16.3 Å². The first kappa shape index (κ1) is 16.3. The molecule has 0 aliphatic rings.